The van der Waals surface area contributed by atoms with Crippen LogP contribution >= 0.6 is 0 Å². The first-order valence-electron chi connectivity index (χ1n) is 6.57. The van der Waals surface area contributed by atoms with Gasteiger partial charge in [-0.1, -0.05) is 0 Å². The summed E-state index contributed by atoms with van der Waals surface area (Å²) in [6, 6.07) is 4.65. The van der Waals surface area contributed by atoms with E-state index in [4.69, 9.17) is 5.26 Å². The summed E-state index contributed by atoms with van der Waals surface area (Å²) in [6.45, 7) is 2.16. The zero-order valence-corrected chi connectivity index (χ0v) is 12.4. The highest BCUT2D eigenvalue weighted by Gasteiger charge is 2.29. The van der Waals surface area contributed by atoms with Gasteiger partial charge in [0, 0.05) is 32.3 Å². The summed E-state index contributed by atoms with van der Waals surface area (Å²) in [6.07, 6.45) is 2.37. The molecule has 0 radical (unpaired) electrons. The van der Waals surface area contributed by atoms with Crippen molar-refractivity contribution in [3.8, 4) is 6.07 Å². The van der Waals surface area contributed by atoms with Crippen molar-refractivity contribution in [2.45, 2.75) is 30.7 Å². The molecule has 0 spiro atoms. The highest BCUT2D eigenvalue weighted by atomic mass is 32.2. The minimum Gasteiger partial charge on any atom is -0.354 e. The van der Waals surface area contributed by atoms with E-state index >= 15 is 0 Å². The molecule has 1 amide bonds. The predicted molar refractivity (Wildman–Crippen MR) is 74.5 cm³/mol. The zero-order chi connectivity index (χ0) is 15.5. The second-order valence-corrected chi connectivity index (χ2v) is 6.81. The minimum absolute atomic E-state index is 0.0213. The van der Waals surface area contributed by atoms with Crippen LogP contribution in [-0.2, 0) is 14.8 Å². The van der Waals surface area contributed by atoms with Gasteiger partial charge in [0.25, 0.3) is 0 Å². The summed E-state index contributed by atoms with van der Waals surface area (Å²) in [5.41, 5.74) is 0.179. The van der Waals surface area contributed by atoms with Crippen molar-refractivity contribution in [1.29, 1.82) is 5.26 Å². The van der Waals surface area contributed by atoms with E-state index in [-0.39, 0.29) is 22.5 Å². The molecule has 112 valence electrons. The van der Waals surface area contributed by atoms with Crippen molar-refractivity contribution in [2.75, 3.05) is 13.1 Å². The molecule has 1 N–H and O–H groups in total. The van der Waals surface area contributed by atoms with E-state index in [1.54, 1.807) is 0 Å². The number of aromatic nitrogens is 1. The van der Waals surface area contributed by atoms with E-state index in [1.807, 2.05) is 6.07 Å². The monoisotopic (exact) mass is 308 g/mol. The summed E-state index contributed by atoms with van der Waals surface area (Å²) >= 11 is 0. The first-order chi connectivity index (χ1) is 9.93. The molecule has 7 nitrogen and oxygen atoms in total. The van der Waals surface area contributed by atoms with E-state index in [2.05, 4.69) is 10.3 Å². The largest absolute Gasteiger partial charge is 0.354 e. The summed E-state index contributed by atoms with van der Waals surface area (Å²) in [7, 11) is -3.59. The molecule has 1 aliphatic heterocycles. The molecule has 8 heteroatoms. The number of nitriles is 1. The number of amides is 1. The Bertz CT molecular complexity index is 656. The number of piperidine rings is 1. The third-order valence-electron chi connectivity index (χ3n) is 3.35. The molecule has 1 aromatic rings. The van der Waals surface area contributed by atoms with Crippen molar-refractivity contribution in [2.24, 2.45) is 0 Å². The molecule has 0 saturated carbocycles. The van der Waals surface area contributed by atoms with Gasteiger partial charge in [-0.2, -0.15) is 9.57 Å². The summed E-state index contributed by atoms with van der Waals surface area (Å²) in [5, 5.41) is 11.5. The molecule has 1 aromatic heterocycles. The second-order valence-electron chi connectivity index (χ2n) is 4.87. The van der Waals surface area contributed by atoms with Crippen LogP contribution in [0.15, 0.2) is 23.2 Å². The maximum atomic E-state index is 12.4. The molecular weight excluding hydrogens is 292 g/mol. The molecule has 0 aromatic carbocycles. The van der Waals surface area contributed by atoms with Crippen molar-refractivity contribution >= 4 is 15.9 Å². The maximum absolute atomic E-state index is 12.4. The van der Waals surface area contributed by atoms with E-state index < -0.39 is 10.0 Å². The Labute approximate surface area is 123 Å². The number of rotatable bonds is 3. The van der Waals surface area contributed by atoms with Crippen LogP contribution in [0.4, 0.5) is 0 Å². The third kappa shape index (κ3) is 3.56. The van der Waals surface area contributed by atoms with Crippen LogP contribution in [0.5, 0.6) is 0 Å². The van der Waals surface area contributed by atoms with Crippen molar-refractivity contribution in [3.63, 3.8) is 0 Å². The van der Waals surface area contributed by atoms with Crippen LogP contribution in [0.25, 0.3) is 0 Å². The van der Waals surface area contributed by atoms with Gasteiger partial charge in [-0.3, -0.25) is 4.79 Å². The lowest BCUT2D eigenvalue weighted by Gasteiger charge is -2.31. The standard InChI is InChI=1S/C13H16N4O3S/c1-10(18)16-11-4-6-17(7-5-11)21(19,20)13-3-2-12(8-14)15-9-13/h2-3,9,11H,4-7H2,1H3,(H,16,18). The SMILES string of the molecule is CC(=O)NC1CCN(S(=O)(=O)c2ccc(C#N)nc2)CC1. The highest BCUT2D eigenvalue weighted by Crippen LogP contribution is 2.20. The molecule has 1 fully saturated rings. The number of sulfonamides is 1. The fraction of sp³-hybridized carbons (Fsp3) is 0.462. The van der Waals surface area contributed by atoms with Crippen molar-refractivity contribution < 1.29 is 13.2 Å². The number of pyridine rings is 1. The first kappa shape index (κ1) is 15.4. The highest BCUT2D eigenvalue weighted by molar-refractivity contribution is 7.89. The normalized spacial score (nSPS) is 17.1. The fourth-order valence-electron chi connectivity index (χ4n) is 2.28. The van der Waals surface area contributed by atoms with Gasteiger partial charge in [-0.15, -0.1) is 0 Å². The Morgan fingerprint density at radius 1 is 1.43 bits per heavy atom. The number of carbonyl (C=O) groups excluding carboxylic acids is 1. The molecule has 0 unspecified atom stereocenters. The molecule has 1 aliphatic rings. The Hall–Kier alpha value is -1.98. The predicted octanol–water partition coefficient (Wildman–Crippen LogP) is 0.242. The summed E-state index contributed by atoms with van der Waals surface area (Å²) < 4.78 is 26.2. The topological polar surface area (TPSA) is 103 Å². The lowest BCUT2D eigenvalue weighted by molar-refractivity contribution is -0.119. The van der Waals surface area contributed by atoms with Gasteiger partial charge >= 0.3 is 0 Å². The molecule has 0 atom stereocenters. The number of carbonyl (C=O) groups is 1. The third-order valence-corrected chi connectivity index (χ3v) is 5.23. The molecular formula is C13H16N4O3S. The van der Waals surface area contributed by atoms with Crippen molar-refractivity contribution in [3.05, 3.63) is 24.0 Å². The molecule has 2 rings (SSSR count). The molecule has 2 heterocycles. The van der Waals surface area contributed by atoms with Gasteiger partial charge in [-0.05, 0) is 25.0 Å². The smallest absolute Gasteiger partial charge is 0.244 e. The number of nitrogens with one attached hydrogen (secondary N) is 1. The van der Waals surface area contributed by atoms with E-state index in [0.29, 0.717) is 25.9 Å². The van der Waals surface area contributed by atoms with Crippen LogP contribution in [-0.4, -0.2) is 42.7 Å². The van der Waals surface area contributed by atoms with E-state index in [9.17, 15) is 13.2 Å². The van der Waals surface area contributed by atoms with Gasteiger partial charge in [0.15, 0.2) is 0 Å². The molecule has 0 aliphatic carbocycles. The van der Waals surface area contributed by atoms with Gasteiger partial charge < -0.3 is 5.32 Å². The first-order valence-corrected chi connectivity index (χ1v) is 8.01. The van der Waals surface area contributed by atoms with Crippen molar-refractivity contribution in [1.82, 2.24) is 14.6 Å². The number of nitrogens with zero attached hydrogens (tertiary/aromatic N) is 3. The Kier molecular flexibility index (Phi) is 4.55. The molecule has 0 bridgehead atoms. The lowest BCUT2D eigenvalue weighted by atomic mass is 10.1. The Morgan fingerprint density at radius 3 is 2.57 bits per heavy atom. The Morgan fingerprint density at radius 2 is 2.10 bits per heavy atom. The van der Waals surface area contributed by atoms with Crippen LogP contribution < -0.4 is 5.32 Å². The Balaban J connectivity index is 2.07. The van der Waals surface area contributed by atoms with E-state index in [0.717, 1.165) is 0 Å². The van der Waals surface area contributed by atoms with Crippen LogP contribution in [0.2, 0.25) is 0 Å². The number of hydrogen-bond donors (Lipinski definition) is 1. The van der Waals surface area contributed by atoms with E-state index in [1.165, 1.54) is 29.6 Å². The zero-order valence-electron chi connectivity index (χ0n) is 11.6. The van der Waals surface area contributed by atoms with Gasteiger partial charge in [0.05, 0.1) is 0 Å². The molecule has 1 saturated heterocycles. The van der Waals surface area contributed by atoms with Crippen LogP contribution in [0.3, 0.4) is 0 Å². The minimum atomic E-state index is -3.59. The second kappa shape index (κ2) is 6.20. The van der Waals surface area contributed by atoms with Gasteiger partial charge in [-0.25, -0.2) is 13.4 Å². The summed E-state index contributed by atoms with van der Waals surface area (Å²) in [4.78, 5) is 14.9. The van der Waals surface area contributed by atoms with Gasteiger partial charge in [0.2, 0.25) is 15.9 Å². The number of hydrogen-bond acceptors (Lipinski definition) is 5. The fourth-order valence-corrected chi connectivity index (χ4v) is 3.69. The van der Waals surface area contributed by atoms with Gasteiger partial charge in [0.1, 0.15) is 16.7 Å². The van der Waals surface area contributed by atoms with Crippen LogP contribution in [0.1, 0.15) is 25.5 Å². The average Bonchev–Trinajstić information content (AvgIpc) is 2.47. The lowest BCUT2D eigenvalue weighted by Crippen LogP contribution is -2.46. The maximum Gasteiger partial charge on any atom is 0.244 e. The summed E-state index contributed by atoms with van der Waals surface area (Å²) in [5.74, 6) is -0.104. The van der Waals surface area contributed by atoms with Crippen LogP contribution in [0, 0.1) is 11.3 Å². The molecule has 21 heavy (non-hydrogen) atoms. The average molecular weight is 308 g/mol. The quantitative estimate of drug-likeness (QED) is 0.861.